The summed E-state index contributed by atoms with van der Waals surface area (Å²) < 4.78 is 32.2. The van der Waals surface area contributed by atoms with Crippen LogP contribution in [0.15, 0.2) is 29.2 Å². The van der Waals surface area contributed by atoms with Crippen molar-refractivity contribution >= 4 is 15.9 Å². The van der Waals surface area contributed by atoms with E-state index in [2.05, 4.69) is 6.92 Å². The molecule has 7 heteroatoms. The molecule has 0 saturated carbocycles. The molecule has 128 valence electrons. The number of primary amides is 1. The maximum atomic E-state index is 12.7. The Morgan fingerprint density at radius 3 is 2.65 bits per heavy atom. The summed E-state index contributed by atoms with van der Waals surface area (Å²) in [6, 6.07) is 6.42. The number of carbonyl (C=O) groups excluding carboxylic acids is 1. The van der Waals surface area contributed by atoms with Gasteiger partial charge in [0.05, 0.1) is 17.4 Å². The lowest BCUT2D eigenvalue weighted by Crippen LogP contribution is -2.43. The van der Waals surface area contributed by atoms with Gasteiger partial charge in [-0.15, -0.1) is 0 Å². The number of rotatable bonds is 7. The van der Waals surface area contributed by atoms with Crippen LogP contribution in [0.4, 0.5) is 0 Å². The van der Waals surface area contributed by atoms with E-state index in [-0.39, 0.29) is 11.4 Å². The largest absolute Gasteiger partial charge is 0.494 e. The van der Waals surface area contributed by atoms with Gasteiger partial charge < -0.3 is 10.5 Å². The molecule has 2 rings (SSSR count). The smallest absolute Gasteiger partial charge is 0.243 e. The molecule has 1 saturated heterocycles. The van der Waals surface area contributed by atoms with Gasteiger partial charge in [-0.3, -0.25) is 4.79 Å². The molecule has 0 aliphatic carbocycles. The Kier molecular flexibility index (Phi) is 6.01. The number of hydrogen-bond donors (Lipinski definition) is 1. The molecule has 1 atom stereocenters. The predicted molar refractivity (Wildman–Crippen MR) is 87.5 cm³/mol. The van der Waals surface area contributed by atoms with Gasteiger partial charge in [-0.25, -0.2) is 8.42 Å². The number of carbonyl (C=O) groups is 1. The second-order valence-corrected chi connectivity index (χ2v) is 7.72. The average molecular weight is 340 g/mol. The summed E-state index contributed by atoms with van der Waals surface area (Å²) in [5.41, 5.74) is 5.31. The molecule has 0 radical (unpaired) electrons. The molecule has 2 N–H and O–H groups in total. The van der Waals surface area contributed by atoms with E-state index in [1.54, 1.807) is 24.3 Å². The zero-order valence-corrected chi connectivity index (χ0v) is 14.2. The summed E-state index contributed by atoms with van der Waals surface area (Å²) in [6.45, 7) is 3.28. The van der Waals surface area contributed by atoms with Crippen LogP contribution in [0, 0.1) is 5.92 Å². The zero-order chi connectivity index (χ0) is 16.9. The fraction of sp³-hybridized carbons (Fsp3) is 0.562. The number of piperidine rings is 1. The van der Waals surface area contributed by atoms with Gasteiger partial charge >= 0.3 is 0 Å². The molecule has 6 nitrogen and oxygen atoms in total. The Balaban J connectivity index is 2.08. The van der Waals surface area contributed by atoms with Gasteiger partial charge in [0.15, 0.2) is 0 Å². The number of benzene rings is 1. The van der Waals surface area contributed by atoms with Gasteiger partial charge in [-0.05, 0) is 43.5 Å². The van der Waals surface area contributed by atoms with Crippen molar-refractivity contribution < 1.29 is 17.9 Å². The van der Waals surface area contributed by atoms with Gasteiger partial charge in [0, 0.05) is 13.1 Å². The maximum absolute atomic E-state index is 12.7. The summed E-state index contributed by atoms with van der Waals surface area (Å²) in [4.78, 5) is 11.5. The van der Waals surface area contributed by atoms with Gasteiger partial charge in [0.25, 0.3) is 0 Å². The van der Waals surface area contributed by atoms with Gasteiger partial charge in [0.1, 0.15) is 5.75 Å². The minimum Gasteiger partial charge on any atom is -0.494 e. The number of nitrogens with zero attached hydrogens (tertiary/aromatic N) is 1. The summed E-state index contributed by atoms with van der Waals surface area (Å²) in [5, 5.41) is 0. The Morgan fingerprint density at radius 2 is 2.04 bits per heavy atom. The van der Waals surface area contributed by atoms with E-state index in [1.165, 1.54) is 4.31 Å². The molecule has 0 bridgehead atoms. The molecule has 1 aliphatic rings. The molecule has 1 unspecified atom stereocenters. The molecular formula is C16H24N2O4S. The zero-order valence-electron chi connectivity index (χ0n) is 13.4. The maximum Gasteiger partial charge on any atom is 0.243 e. The molecule has 1 aromatic carbocycles. The number of ether oxygens (including phenoxy) is 1. The van der Waals surface area contributed by atoms with E-state index in [1.807, 2.05) is 0 Å². The molecule has 0 aromatic heterocycles. The average Bonchev–Trinajstić information content (AvgIpc) is 2.55. The van der Waals surface area contributed by atoms with Gasteiger partial charge in [-0.2, -0.15) is 4.31 Å². The standard InChI is InChI=1S/C16H24N2O4S/c1-2-3-11-22-14-6-8-15(9-7-14)23(20,21)18-10-4-5-13(12-18)16(17)19/h6-9,13H,2-5,10-12H2,1H3,(H2,17,19). The molecule has 1 amide bonds. The molecule has 0 spiro atoms. The van der Waals surface area contributed by atoms with Crippen LogP contribution >= 0.6 is 0 Å². The van der Waals surface area contributed by atoms with Crippen molar-refractivity contribution in [3.8, 4) is 5.75 Å². The highest BCUT2D eigenvalue weighted by Gasteiger charge is 2.32. The molecule has 1 fully saturated rings. The van der Waals surface area contributed by atoms with E-state index in [4.69, 9.17) is 10.5 Å². The third kappa shape index (κ3) is 4.45. The minimum atomic E-state index is -3.60. The number of nitrogens with two attached hydrogens (primary N) is 1. The highest BCUT2D eigenvalue weighted by atomic mass is 32.2. The van der Waals surface area contributed by atoms with E-state index in [0.717, 1.165) is 12.8 Å². The summed E-state index contributed by atoms with van der Waals surface area (Å²) in [5.74, 6) is -0.189. The van der Waals surface area contributed by atoms with Crippen molar-refractivity contribution in [2.75, 3.05) is 19.7 Å². The van der Waals surface area contributed by atoms with Crippen LogP contribution in [0.2, 0.25) is 0 Å². The van der Waals surface area contributed by atoms with Gasteiger partial charge in [0.2, 0.25) is 15.9 Å². The van der Waals surface area contributed by atoms with Crippen LogP contribution < -0.4 is 10.5 Å². The molecule has 23 heavy (non-hydrogen) atoms. The van der Waals surface area contributed by atoms with E-state index < -0.39 is 21.8 Å². The Hall–Kier alpha value is -1.60. The van der Waals surface area contributed by atoms with Crippen molar-refractivity contribution in [1.29, 1.82) is 0 Å². The third-order valence-electron chi connectivity index (χ3n) is 4.01. The number of amides is 1. The van der Waals surface area contributed by atoms with Crippen LogP contribution in [0.25, 0.3) is 0 Å². The first-order valence-corrected chi connectivity index (χ1v) is 9.41. The van der Waals surface area contributed by atoms with E-state index in [0.29, 0.717) is 31.7 Å². The monoisotopic (exact) mass is 340 g/mol. The first-order chi connectivity index (χ1) is 10.9. The van der Waals surface area contributed by atoms with Crippen molar-refractivity contribution in [3.63, 3.8) is 0 Å². The predicted octanol–water partition coefficient (Wildman–Crippen LogP) is 1.75. The molecule has 1 heterocycles. The molecule has 1 aromatic rings. The van der Waals surface area contributed by atoms with Crippen LogP contribution in [0.5, 0.6) is 5.75 Å². The van der Waals surface area contributed by atoms with Crippen molar-refractivity contribution in [2.45, 2.75) is 37.5 Å². The quantitative estimate of drug-likeness (QED) is 0.766. The van der Waals surface area contributed by atoms with Crippen LogP contribution in [-0.2, 0) is 14.8 Å². The molecular weight excluding hydrogens is 316 g/mol. The number of hydrogen-bond acceptors (Lipinski definition) is 4. The number of sulfonamides is 1. The fourth-order valence-corrected chi connectivity index (χ4v) is 4.11. The minimum absolute atomic E-state index is 0.159. The van der Waals surface area contributed by atoms with Crippen LogP contribution in [-0.4, -0.2) is 38.3 Å². The van der Waals surface area contributed by atoms with E-state index in [9.17, 15) is 13.2 Å². The van der Waals surface area contributed by atoms with Gasteiger partial charge in [-0.1, -0.05) is 13.3 Å². The second-order valence-electron chi connectivity index (χ2n) is 5.78. The van der Waals surface area contributed by atoms with Crippen LogP contribution in [0.1, 0.15) is 32.6 Å². The topological polar surface area (TPSA) is 89.7 Å². The highest BCUT2D eigenvalue weighted by Crippen LogP contribution is 2.25. The van der Waals surface area contributed by atoms with Crippen LogP contribution in [0.3, 0.4) is 0 Å². The highest BCUT2D eigenvalue weighted by molar-refractivity contribution is 7.89. The summed E-state index contributed by atoms with van der Waals surface area (Å²) >= 11 is 0. The Labute approximate surface area is 137 Å². The first-order valence-electron chi connectivity index (χ1n) is 7.97. The number of unbranched alkanes of at least 4 members (excludes halogenated alkanes) is 1. The lowest BCUT2D eigenvalue weighted by molar-refractivity contribution is -0.122. The Bertz CT molecular complexity index is 628. The second kappa shape index (κ2) is 7.79. The van der Waals surface area contributed by atoms with E-state index >= 15 is 0 Å². The lowest BCUT2D eigenvalue weighted by atomic mass is 9.99. The molecule has 1 aliphatic heterocycles. The summed E-state index contributed by atoms with van der Waals surface area (Å²) in [6.07, 6.45) is 3.29. The van der Waals surface area contributed by atoms with Crippen molar-refractivity contribution in [3.05, 3.63) is 24.3 Å². The fourth-order valence-electron chi connectivity index (χ4n) is 2.58. The lowest BCUT2D eigenvalue weighted by Gasteiger charge is -2.30. The van der Waals surface area contributed by atoms with Crippen molar-refractivity contribution in [1.82, 2.24) is 4.31 Å². The normalized spacial score (nSPS) is 19.4. The first kappa shape index (κ1) is 17.7. The summed E-state index contributed by atoms with van der Waals surface area (Å²) in [7, 11) is -3.60. The van der Waals surface area contributed by atoms with Crippen molar-refractivity contribution in [2.24, 2.45) is 11.7 Å². The SMILES string of the molecule is CCCCOc1ccc(S(=O)(=O)N2CCCC(C(N)=O)C2)cc1. The Morgan fingerprint density at radius 1 is 1.35 bits per heavy atom. The third-order valence-corrected chi connectivity index (χ3v) is 5.89.